The Kier molecular flexibility index (Phi) is 9.17. The van der Waals surface area contributed by atoms with Gasteiger partial charge in [-0.3, -0.25) is 0 Å². The summed E-state index contributed by atoms with van der Waals surface area (Å²) in [5, 5.41) is 2.68. The highest BCUT2D eigenvalue weighted by Crippen LogP contribution is 2.38. The van der Waals surface area contributed by atoms with Crippen molar-refractivity contribution in [3.05, 3.63) is 35.9 Å². The maximum absolute atomic E-state index is 12.5. The van der Waals surface area contributed by atoms with Gasteiger partial charge in [0.2, 0.25) is 0 Å². The molecule has 0 unspecified atom stereocenters. The third-order valence-electron chi connectivity index (χ3n) is 5.04. The molecular formula is C21H35NO5Si. The largest absolute Gasteiger partial charge is 0.464 e. The molecule has 6 nitrogen and oxygen atoms in total. The molecule has 0 aliphatic rings. The first-order valence-electron chi connectivity index (χ1n) is 9.77. The smallest absolute Gasteiger partial charge is 0.407 e. The van der Waals surface area contributed by atoms with Crippen LogP contribution in [0.1, 0.15) is 40.2 Å². The molecule has 1 rings (SSSR count). The zero-order valence-corrected chi connectivity index (χ0v) is 19.2. The third-order valence-corrected chi connectivity index (χ3v) is 9.50. The highest BCUT2D eigenvalue weighted by Gasteiger charge is 2.42. The van der Waals surface area contributed by atoms with Crippen molar-refractivity contribution < 1.29 is 23.5 Å². The molecule has 7 heteroatoms. The van der Waals surface area contributed by atoms with Crippen molar-refractivity contribution in [2.24, 2.45) is 5.92 Å². The maximum atomic E-state index is 12.5. The van der Waals surface area contributed by atoms with E-state index < -0.39 is 20.5 Å². The second-order valence-corrected chi connectivity index (χ2v) is 13.2. The predicted molar refractivity (Wildman–Crippen MR) is 112 cm³/mol. The lowest BCUT2D eigenvalue weighted by atomic mass is 10.1. The fourth-order valence-corrected chi connectivity index (χ4v) is 3.56. The zero-order valence-electron chi connectivity index (χ0n) is 18.2. The normalized spacial score (nSPS) is 14.1. The highest BCUT2D eigenvalue weighted by molar-refractivity contribution is 6.74. The molecular weight excluding hydrogens is 374 g/mol. The lowest BCUT2D eigenvalue weighted by Crippen LogP contribution is -2.50. The van der Waals surface area contributed by atoms with Crippen molar-refractivity contribution in [3.63, 3.8) is 0 Å². The van der Waals surface area contributed by atoms with E-state index in [0.29, 0.717) is 0 Å². The molecule has 0 aromatic heterocycles. The second kappa shape index (κ2) is 10.6. The molecule has 0 aliphatic carbocycles. The summed E-state index contributed by atoms with van der Waals surface area (Å²) in [5.74, 6) is -0.642. The molecule has 1 aromatic rings. The SMILES string of the molecule is CCOC(=O)[C@@H](O[Si](C)(C)C(C)(C)C)[C@@H](C)CNC(=O)OCc1ccccc1. The van der Waals surface area contributed by atoms with Crippen LogP contribution in [-0.2, 0) is 25.3 Å². The molecule has 1 aromatic carbocycles. The van der Waals surface area contributed by atoms with E-state index in [0.717, 1.165) is 5.56 Å². The average Bonchev–Trinajstić information content (AvgIpc) is 2.62. The van der Waals surface area contributed by atoms with Gasteiger partial charge in [0, 0.05) is 12.5 Å². The molecule has 1 amide bonds. The summed E-state index contributed by atoms with van der Waals surface area (Å²) in [4.78, 5) is 24.5. The third kappa shape index (κ3) is 7.64. The van der Waals surface area contributed by atoms with Crippen LogP contribution in [0.5, 0.6) is 0 Å². The standard InChI is InChI=1S/C21H35NO5Si/c1-8-25-19(23)18(27-28(6,7)21(3,4)5)16(2)14-22-20(24)26-15-17-12-10-9-11-13-17/h9-13,16,18H,8,14-15H2,1-7H3,(H,22,24)/t16-,18-/m0/s1. The predicted octanol–water partition coefficient (Wildman–Crippen LogP) is 4.50. The van der Waals surface area contributed by atoms with Crippen molar-refractivity contribution in [2.75, 3.05) is 13.2 Å². The lowest BCUT2D eigenvalue weighted by Gasteiger charge is -2.40. The maximum Gasteiger partial charge on any atom is 0.407 e. The topological polar surface area (TPSA) is 73.9 Å². The Bertz CT molecular complexity index is 627. The summed E-state index contributed by atoms with van der Waals surface area (Å²) in [6.07, 6.45) is -1.25. The summed E-state index contributed by atoms with van der Waals surface area (Å²) >= 11 is 0. The summed E-state index contributed by atoms with van der Waals surface area (Å²) in [6, 6.07) is 9.46. The first-order chi connectivity index (χ1) is 13.0. The molecule has 0 saturated carbocycles. The number of carbonyl (C=O) groups excluding carboxylic acids is 2. The number of nitrogens with one attached hydrogen (secondary N) is 1. The van der Waals surface area contributed by atoms with Crippen LogP contribution in [0.15, 0.2) is 30.3 Å². The average molecular weight is 410 g/mol. The molecule has 2 atom stereocenters. The number of ether oxygens (including phenoxy) is 2. The Morgan fingerprint density at radius 1 is 1.11 bits per heavy atom. The zero-order chi connectivity index (χ0) is 21.4. The van der Waals surface area contributed by atoms with Crippen LogP contribution in [0, 0.1) is 5.92 Å². The minimum absolute atomic E-state index is 0.0422. The van der Waals surface area contributed by atoms with Crippen molar-refractivity contribution in [1.82, 2.24) is 5.32 Å². The van der Waals surface area contributed by atoms with Gasteiger partial charge in [-0.25, -0.2) is 9.59 Å². The monoisotopic (exact) mass is 409 g/mol. The van der Waals surface area contributed by atoms with Crippen molar-refractivity contribution in [1.29, 1.82) is 0 Å². The van der Waals surface area contributed by atoms with Crippen molar-refractivity contribution in [2.45, 2.75) is 65.5 Å². The fourth-order valence-electron chi connectivity index (χ4n) is 2.24. The van der Waals surface area contributed by atoms with Gasteiger partial charge in [0.25, 0.3) is 0 Å². The number of carbonyl (C=O) groups is 2. The number of alkyl carbamates (subject to hydrolysis) is 1. The molecule has 0 spiro atoms. The van der Waals surface area contributed by atoms with E-state index in [9.17, 15) is 9.59 Å². The van der Waals surface area contributed by atoms with Crippen LogP contribution in [0.25, 0.3) is 0 Å². The summed E-state index contributed by atoms with van der Waals surface area (Å²) < 4.78 is 16.7. The molecule has 0 heterocycles. The van der Waals surface area contributed by atoms with E-state index >= 15 is 0 Å². The van der Waals surface area contributed by atoms with Crippen LogP contribution in [-0.4, -0.2) is 39.6 Å². The number of hydrogen-bond acceptors (Lipinski definition) is 5. The van der Waals surface area contributed by atoms with E-state index in [1.165, 1.54) is 0 Å². The Morgan fingerprint density at radius 3 is 2.25 bits per heavy atom. The van der Waals surface area contributed by atoms with Crippen LogP contribution in [0.3, 0.4) is 0 Å². The second-order valence-electron chi connectivity index (χ2n) is 8.47. The van der Waals surface area contributed by atoms with Gasteiger partial charge in [0.15, 0.2) is 8.32 Å². The van der Waals surface area contributed by atoms with Crippen LogP contribution >= 0.6 is 0 Å². The van der Waals surface area contributed by atoms with Crippen LogP contribution in [0.4, 0.5) is 4.79 Å². The summed E-state index contributed by atoms with van der Waals surface area (Å²) in [7, 11) is -2.18. The van der Waals surface area contributed by atoms with Gasteiger partial charge in [-0.15, -0.1) is 0 Å². The van der Waals surface area contributed by atoms with E-state index in [2.05, 4.69) is 39.2 Å². The Hall–Kier alpha value is -1.86. The lowest BCUT2D eigenvalue weighted by molar-refractivity contribution is -0.154. The Labute approximate surface area is 170 Å². The van der Waals surface area contributed by atoms with E-state index in [4.69, 9.17) is 13.9 Å². The van der Waals surface area contributed by atoms with Gasteiger partial charge >= 0.3 is 12.1 Å². The molecule has 158 valence electrons. The van der Waals surface area contributed by atoms with Gasteiger partial charge in [0.05, 0.1) is 6.61 Å². The molecule has 1 N–H and O–H groups in total. The summed E-state index contributed by atoms with van der Waals surface area (Å²) in [6.45, 7) is 14.9. The quantitative estimate of drug-likeness (QED) is 0.480. The first kappa shape index (κ1) is 24.2. The highest BCUT2D eigenvalue weighted by atomic mass is 28.4. The molecule has 28 heavy (non-hydrogen) atoms. The summed E-state index contributed by atoms with van der Waals surface area (Å²) in [5.41, 5.74) is 0.913. The number of amides is 1. The van der Waals surface area contributed by atoms with Crippen LogP contribution < -0.4 is 5.32 Å². The van der Waals surface area contributed by atoms with Gasteiger partial charge in [-0.05, 0) is 30.6 Å². The number of esters is 1. The molecule has 0 fully saturated rings. The van der Waals surface area contributed by atoms with E-state index in [-0.39, 0.29) is 36.7 Å². The Balaban J connectivity index is 2.66. The van der Waals surface area contributed by atoms with Gasteiger partial charge in [-0.2, -0.15) is 0 Å². The minimum atomic E-state index is -2.18. The van der Waals surface area contributed by atoms with Gasteiger partial charge in [0.1, 0.15) is 12.7 Å². The molecule has 0 radical (unpaired) electrons. The van der Waals surface area contributed by atoms with Crippen molar-refractivity contribution >= 4 is 20.4 Å². The Morgan fingerprint density at radius 2 is 1.71 bits per heavy atom. The van der Waals surface area contributed by atoms with E-state index in [1.807, 2.05) is 37.3 Å². The first-order valence-corrected chi connectivity index (χ1v) is 12.7. The number of rotatable bonds is 9. The number of hydrogen-bond donors (Lipinski definition) is 1. The van der Waals surface area contributed by atoms with Gasteiger partial charge < -0.3 is 19.2 Å². The van der Waals surface area contributed by atoms with Gasteiger partial charge in [-0.1, -0.05) is 58.0 Å². The van der Waals surface area contributed by atoms with Crippen LogP contribution in [0.2, 0.25) is 18.1 Å². The van der Waals surface area contributed by atoms with E-state index in [1.54, 1.807) is 6.92 Å². The fraction of sp³-hybridized carbons (Fsp3) is 0.619. The molecule has 0 saturated heterocycles. The minimum Gasteiger partial charge on any atom is -0.464 e. The molecule has 0 bridgehead atoms. The number of benzene rings is 1. The van der Waals surface area contributed by atoms with Crippen molar-refractivity contribution in [3.8, 4) is 0 Å². The molecule has 0 aliphatic heterocycles.